The zero-order chi connectivity index (χ0) is 9.30. The van der Waals surface area contributed by atoms with Crippen molar-refractivity contribution < 1.29 is 4.92 Å². The number of hydrogen-bond donors (Lipinski definition) is 0. The van der Waals surface area contributed by atoms with Gasteiger partial charge in [0.2, 0.25) is 0 Å². The van der Waals surface area contributed by atoms with Crippen LogP contribution >= 0.6 is 45.8 Å². The molecule has 0 aliphatic rings. The topological polar surface area (TPSA) is 43.1 Å². The van der Waals surface area contributed by atoms with Crippen LogP contribution in [0.3, 0.4) is 0 Å². The number of nitrogens with zero attached hydrogens (tertiary/aromatic N) is 1. The molecule has 12 heavy (non-hydrogen) atoms. The number of nitro groups is 1. The third-order valence-electron chi connectivity index (χ3n) is 1.20. The summed E-state index contributed by atoms with van der Waals surface area (Å²) in [6, 6.07) is 2.93. The number of nitro benzene ring substituents is 1. The summed E-state index contributed by atoms with van der Waals surface area (Å²) in [7, 11) is 0. The molecule has 0 atom stereocenters. The maximum Gasteiger partial charge on any atom is 0.302 e. The van der Waals surface area contributed by atoms with Crippen molar-refractivity contribution in [2.45, 2.75) is 0 Å². The molecule has 1 aromatic carbocycles. The van der Waals surface area contributed by atoms with Crippen LogP contribution in [-0.2, 0) is 0 Å². The number of benzene rings is 1. The quantitative estimate of drug-likeness (QED) is 0.344. The van der Waals surface area contributed by atoms with Crippen molar-refractivity contribution in [3.05, 3.63) is 35.9 Å². The van der Waals surface area contributed by atoms with Gasteiger partial charge in [0, 0.05) is 0 Å². The van der Waals surface area contributed by atoms with Gasteiger partial charge in [-0.2, -0.15) is 0 Å². The van der Waals surface area contributed by atoms with Crippen LogP contribution in [0.25, 0.3) is 0 Å². The van der Waals surface area contributed by atoms with Crippen molar-refractivity contribution in [2.75, 3.05) is 0 Å². The van der Waals surface area contributed by atoms with Gasteiger partial charge in [0.05, 0.1) is 9.95 Å². The Morgan fingerprint density at radius 2 is 1.83 bits per heavy atom. The lowest BCUT2D eigenvalue weighted by molar-refractivity contribution is -0.385. The second-order valence-electron chi connectivity index (χ2n) is 1.95. The third-order valence-corrected chi connectivity index (χ3v) is 3.23. The maximum absolute atomic E-state index is 10.5. The molecule has 0 saturated carbocycles. The molecule has 3 nitrogen and oxygen atoms in total. The van der Waals surface area contributed by atoms with E-state index < -0.39 is 4.92 Å². The molecule has 0 heterocycles. The molecule has 0 saturated heterocycles. The van der Waals surface area contributed by atoms with Crippen LogP contribution < -0.4 is 0 Å². The standard InChI is InChI=1S/C6H2Cl2INO2/c7-3-1-2-4(8)6(5(3)9)10(11)12/h1-2H. The Morgan fingerprint density at radius 1 is 1.33 bits per heavy atom. The summed E-state index contributed by atoms with van der Waals surface area (Å²) in [4.78, 5) is 9.91. The van der Waals surface area contributed by atoms with Crippen LogP contribution in [0.1, 0.15) is 0 Å². The minimum atomic E-state index is -0.546. The Balaban J connectivity index is 3.43. The molecule has 0 spiro atoms. The summed E-state index contributed by atoms with van der Waals surface area (Å²) in [5, 5.41) is 10.9. The summed E-state index contributed by atoms with van der Waals surface area (Å²) in [6.45, 7) is 0. The average molecular weight is 318 g/mol. The Labute approximate surface area is 92.0 Å². The fourth-order valence-corrected chi connectivity index (χ4v) is 1.89. The van der Waals surface area contributed by atoms with Gasteiger partial charge in [0.25, 0.3) is 0 Å². The van der Waals surface area contributed by atoms with Crippen molar-refractivity contribution >= 4 is 51.5 Å². The van der Waals surface area contributed by atoms with Crippen molar-refractivity contribution in [3.8, 4) is 0 Å². The van der Waals surface area contributed by atoms with E-state index >= 15 is 0 Å². The van der Waals surface area contributed by atoms with E-state index in [9.17, 15) is 10.1 Å². The summed E-state index contributed by atoms with van der Waals surface area (Å²) >= 11 is 13.0. The van der Waals surface area contributed by atoms with E-state index in [2.05, 4.69) is 0 Å². The van der Waals surface area contributed by atoms with Crippen LogP contribution in [-0.4, -0.2) is 4.92 Å². The minimum absolute atomic E-state index is 0.105. The Kier molecular flexibility index (Phi) is 3.14. The monoisotopic (exact) mass is 317 g/mol. The van der Waals surface area contributed by atoms with E-state index in [1.54, 1.807) is 22.6 Å². The van der Waals surface area contributed by atoms with Crippen LogP contribution in [0, 0.1) is 13.7 Å². The molecule has 0 aromatic heterocycles. The van der Waals surface area contributed by atoms with Crippen molar-refractivity contribution in [1.29, 1.82) is 0 Å². The lowest BCUT2D eigenvalue weighted by Gasteiger charge is -1.98. The zero-order valence-corrected chi connectivity index (χ0v) is 9.22. The highest BCUT2D eigenvalue weighted by Crippen LogP contribution is 2.34. The van der Waals surface area contributed by atoms with Crippen molar-refractivity contribution in [2.24, 2.45) is 0 Å². The first-order chi connectivity index (χ1) is 5.54. The van der Waals surface area contributed by atoms with E-state index in [1.165, 1.54) is 12.1 Å². The van der Waals surface area contributed by atoms with Gasteiger partial charge in [-0.25, -0.2) is 0 Å². The Bertz CT molecular complexity index is 343. The second kappa shape index (κ2) is 3.76. The zero-order valence-electron chi connectivity index (χ0n) is 5.55. The maximum atomic E-state index is 10.5. The molecule has 1 aromatic rings. The van der Waals surface area contributed by atoms with Crippen molar-refractivity contribution in [3.63, 3.8) is 0 Å². The first-order valence-electron chi connectivity index (χ1n) is 2.82. The lowest BCUT2D eigenvalue weighted by Crippen LogP contribution is -1.92. The molecular weight excluding hydrogens is 316 g/mol. The molecule has 6 heteroatoms. The van der Waals surface area contributed by atoms with Gasteiger partial charge in [-0.3, -0.25) is 10.1 Å². The van der Waals surface area contributed by atoms with Crippen LogP contribution in [0.4, 0.5) is 5.69 Å². The van der Waals surface area contributed by atoms with Gasteiger partial charge in [0.1, 0.15) is 8.59 Å². The van der Waals surface area contributed by atoms with Crippen LogP contribution in [0.5, 0.6) is 0 Å². The van der Waals surface area contributed by atoms with Gasteiger partial charge in [-0.1, -0.05) is 23.2 Å². The highest BCUT2D eigenvalue weighted by molar-refractivity contribution is 14.1. The molecule has 1 rings (SSSR count). The smallest absolute Gasteiger partial charge is 0.258 e. The van der Waals surface area contributed by atoms with Crippen molar-refractivity contribution in [1.82, 2.24) is 0 Å². The number of rotatable bonds is 1. The first kappa shape index (κ1) is 10.0. The molecular formula is C6H2Cl2INO2. The van der Waals surface area contributed by atoms with Gasteiger partial charge >= 0.3 is 5.69 Å². The molecule has 0 amide bonds. The predicted molar refractivity (Wildman–Crippen MR) is 55.8 cm³/mol. The highest BCUT2D eigenvalue weighted by Gasteiger charge is 2.19. The van der Waals surface area contributed by atoms with Gasteiger partial charge in [-0.05, 0) is 34.7 Å². The van der Waals surface area contributed by atoms with Gasteiger partial charge in [0.15, 0.2) is 0 Å². The van der Waals surface area contributed by atoms with E-state index in [-0.39, 0.29) is 10.7 Å². The molecule has 64 valence electrons. The first-order valence-corrected chi connectivity index (χ1v) is 4.65. The van der Waals surface area contributed by atoms with E-state index in [0.29, 0.717) is 8.59 Å². The molecule has 0 aliphatic carbocycles. The predicted octanol–water partition coefficient (Wildman–Crippen LogP) is 3.51. The summed E-state index contributed by atoms with van der Waals surface area (Å²) in [5.41, 5.74) is -0.134. The normalized spacial score (nSPS) is 9.92. The number of halogens is 3. The summed E-state index contributed by atoms with van der Waals surface area (Å²) in [5.74, 6) is 0. The number of hydrogen-bond acceptors (Lipinski definition) is 2. The Morgan fingerprint density at radius 3 is 2.25 bits per heavy atom. The average Bonchev–Trinajstić information content (AvgIpc) is 1.97. The minimum Gasteiger partial charge on any atom is -0.258 e. The van der Waals surface area contributed by atoms with Crippen LogP contribution in [0.2, 0.25) is 10.0 Å². The van der Waals surface area contributed by atoms with Gasteiger partial charge < -0.3 is 0 Å². The molecule has 0 aliphatic heterocycles. The largest absolute Gasteiger partial charge is 0.302 e. The highest BCUT2D eigenvalue weighted by atomic mass is 127. The SMILES string of the molecule is O=[N+]([O-])c1c(Cl)ccc(Cl)c1I. The molecule has 0 radical (unpaired) electrons. The molecule has 0 bridgehead atoms. The van der Waals surface area contributed by atoms with E-state index in [1.807, 2.05) is 0 Å². The lowest BCUT2D eigenvalue weighted by atomic mass is 10.3. The molecule has 0 unspecified atom stereocenters. The van der Waals surface area contributed by atoms with E-state index in [0.717, 1.165) is 0 Å². The summed E-state index contributed by atoms with van der Waals surface area (Å²) in [6.07, 6.45) is 0. The third kappa shape index (κ3) is 1.81. The Hall–Kier alpha value is -0.0700. The van der Waals surface area contributed by atoms with Gasteiger partial charge in [-0.15, -0.1) is 0 Å². The van der Waals surface area contributed by atoms with Crippen LogP contribution in [0.15, 0.2) is 12.1 Å². The summed E-state index contributed by atoms with van der Waals surface area (Å²) < 4.78 is 0.367. The van der Waals surface area contributed by atoms with E-state index in [4.69, 9.17) is 23.2 Å². The second-order valence-corrected chi connectivity index (χ2v) is 3.84. The molecule has 0 N–H and O–H groups in total. The fourth-order valence-electron chi connectivity index (χ4n) is 0.684. The molecule has 0 fully saturated rings. The fraction of sp³-hybridized carbons (Fsp3) is 0.